The lowest BCUT2D eigenvalue weighted by atomic mass is 10.2. The van der Waals surface area contributed by atoms with Gasteiger partial charge in [0.15, 0.2) is 0 Å². The van der Waals surface area contributed by atoms with Crippen LogP contribution in [0, 0.1) is 0 Å². The third kappa shape index (κ3) is 2.41. The van der Waals surface area contributed by atoms with Gasteiger partial charge in [-0.05, 0) is 32.8 Å². The van der Waals surface area contributed by atoms with Crippen LogP contribution in [0.1, 0.15) is 43.2 Å². The van der Waals surface area contributed by atoms with Gasteiger partial charge >= 0.3 is 0 Å². The van der Waals surface area contributed by atoms with Crippen LogP contribution in [-0.4, -0.2) is 46.9 Å². The molecule has 18 heavy (non-hydrogen) atoms. The third-order valence-corrected chi connectivity index (χ3v) is 3.38. The Bertz CT molecular complexity index is 414. The van der Waals surface area contributed by atoms with Gasteiger partial charge in [-0.25, -0.2) is 0 Å². The molecule has 5 heteroatoms. The third-order valence-electron chi connectivity index (χ3n) is 3.38. The lowest BCUT2D eigenvalue weighted by Gasteiger charge is -2.24. The van der Waals surface area contributed by atoms with E-state index in [0.717, 1.165) is 19.4 Å². The van der Waals surface area contributed by atoms with Crippen molar-refractivity contribution in [1.82, 2.24) is 14.7 Å². The van der Waals surface area contributed by atoms with Gasteiger partial charge in [0.25, 0.3) is 5.91 Å². The number of aromatic nitrogens is 2. The van der Waals surface area contributed by atoms with Crippen LogP contribution < -0.4 is 0 Å². The first-order valence-corrected chi connectivity index (χ1v) is 6.48. The van der Waals surface area contributed by atoms with Gasteiger partial charge < -0.3 is 9.64 Å². The fourth-order valence-corrected chi connectivity index (χ4v) is 2.51. The van der Waals surface area contributed by atoms with Crippen molar-refractivity contribution in [3.05, 3.63) is 18.0 Å². The normalized spacial score (nSPS) is 19.8. The number of nitrogens with zero attached hydrogens (tertiary/aromatic N) is 3. The van der Waals surface area contributed by atoms with E-state index in [9.17, 15) is 4.79 Å². The van der Waals surface area contributed by atoms with Crippen molar-refractivity contribution in [2.45, 2.75) is 38.8 Å². The first-order chi connectivity index (χ1) is 8.65. The van der Waals surface area contributed by atoms with Crippen LogP contribution in [-0.2, 0) is 4.74 Å². The number of likely N-dealkylation sites (tertiary alicyclic amines) is 1. The van der Waals surface area contributed by atoms with E-state index < -0.39 is 0 Å². The summed E-state index contributed by atoms with van der Waals surface area (Å²) in [5.41, 5.74) is 0.674. The molecule has 1 amide bonds. The van der Waals surface area contributed by atoms with E-state index >= 15 is 0 Å². The lowest BCUT2D eigenvalue weighted by molar-refractivity contribution is 0.0617. The Morgan fingerprint density at radius 1 is 1.61 bits per heavy atom. The van der Waals surface area contributed by atoms with Crippen LogP contribution >= 0.6 is 0 Å². The summed E-state index contributed by atoms with van der Waals surface area (Å²) in [7, 11) is 1.68. The molecule has 1 aromatic rings. The quantitative estimate of drug-likeness (QED) is 0.818. The molecule has 1 aromatic heterocycles. The summed E-state index contributed by atoms with van der Waals surface area (Å²) in [6, 6.07) is 2.20. The number of hydrogen-bond acceptors (Lipinski definition) is 3. The molecular weight excluding hydrogens is 230 g/mol. The molecular formula is C13H21N3O2. The molecule has 0 unspecified atom stereocenters. The minimum atomic E-state index is 0.0701. The van der Waals surface area contributed by atoms with Crippen LogP contribution in [0.2, 0.25) is 0 Å². The standard InChI is InChI=1S/C13H21N3O2/c1-10(2)16-12(6-7-14-16)13(17)15-8-4-5-11(15)9-18-3/h6-7,10-11H,4-5,8-9H2,1-3H3/t11-/m1/s1. The van der Waals surface area contributed by atoms with Crippen molar-refractivity contribution in [2.75, 3.05) is 20.3 Å². The minimum Gasteiger partial charge on any atom is -0.383 e. The monoisotopic (exact) mass is 251 g/mol. The van der Waals surface area contributed by atoms with E-state index in [2.05, 4.69) is 5.10 Å². The predicted molar refractivity (Wildman–Crippen MR) is 68.5 cm³/mol. The van der Waals surface area contributed by atoms with Crippen molar-refractivity contribution < 1.29 is 9.53 Å². The van der Waals surface area contributed by atoms with Crippen molar-refractivity contribution in [3.63, 3.8) is 0 Å². The highest BCUT2D eigenvalue weighted by atomic mass is 16.5. The topological polar surface area (TPSA) is 47.4 Å². The molecule has 0 aliphatic carbocycles. The molecule has 0 radical (unpaired) electrons. The van der Waals surface area contributed by atoms with Crippen molar-refractivity contribution in [2.24, 2.45) is 0 Å². The molecule has 0 spiro atoms. The maximum Gasteiger partial charge on any atom is 0.272 e. The van der Waals surface area contributed by atoms with Crippen molar-refractivity contribution in [3.8, 4) is 0 Å². The first-order valence-electron chi connectivity index (χ1n) is 6.48. The van der Waals surface area contributed by atoms with E-state index in [1.54, 1.807) is 24.1 Å². The molecule has 1 aliphatic heterocycles. The molecule has 0 aromatic carbocycles. The highest BCUT2D eigenvalue weighted by Crippen LogP contribution is 2.21. The van der Waals surface area contributed by atoms with Crippen LogP contribution in [0.15, 0.2) is 12.3 Å². The van der Waals surface area contributed by atoms with E-state index in [0.29, 0.717) is 12.3 Å². The average Bonchev–Trinajstić information content (AvgIpc) is 2.96. The number of rotatable bonds is 4. The SMILES string of the molecule is COC[C@H]1CCCN1C(=O)c1ccnn1C(C)C. The van der Waals surface area contributed by atoms with Gasteiger partial charge in [-0.2, -0.15) is 5.10 Å². The van der Waals surface area contributed by atoms with E-state index in [-0.39, 0.29) is 18.0 Å². The molecule has 1 fully saturated rings. The number of carbonyl (C=O) groups is 1. The number of methoxy groups -OCH3 is 1. The smallest absolute Gasteiger partial charge is 0.272 e. The molecule has 0 saturated carbocycles. The molecule has 5 nitrogen and oxygen atoms in total. The Morgan fingerprint density at radius 3 is 3.06 bits per heavy atom. The largest absolute Gasteiger partial charge is 0.383 e. The highest BCUT2D eigenvalue weighted by molar-refractivity contribution is 5.93. The Balaban J connectivity index is 2.17. The second-order valence-electron chi connectivity index (χ2n) is 5.00. The van der Waals surface area contributed by atoms with Gasteiger partial charge in [-0.15, -0.1) is 0 Å². The van der Waals surface area contributed by atoms with Gasteiger partial charge in [0.1, 0.15) is 5.69 Å². The molecule has 0 bridgehead atoms. The summed E-state index contributed by atoms with van der Waals surface area (Å²) in [5, 5.41) is 4.22. The van der Waals surface area contributed by atoms with Crippen LogP contribution in [0.5, 0.6) is 0 Å². The van der Waals surface area contributed by atoms with Gasteiger partial charge in [0.05, 0.1) is 12.6 Å². The fourth-order valence-electron chi connectivity index (χ4n) is 2.51. The van der Waals surface area contributed by atoms with E-state index in [1.165, 1.54) is 0 Å². The summed E-state index contributed by atoms with van der Waals surface area (Å²) in [4.78, 5) is 14.4. The maximum atomic E-state index is 12.5. The number of carbonyl (C=O) groups excluding carboxylic acids is 1. The molecule has 0 N–H and O–H groups in total. The summed E-state index contributed by atoms with van der Waals surface area (Å²) >= 11 is 0. The molecule has 2 heterocycles. The zero-order chi connectivity index (χ0) is 13.1. The van der Waals surface area contributed by atoms with Crippen molar-refractivity contribution >= 4 is 5.91 Å². The van der Waals surface area contributed by atoms with Crippen LogP contribution in [0.4, 0.5) is 0 Å². The second-order valence-corrected chi connectivity index (χ2v) is 5.00. The van der Waals surface area contributed by atoms with E-state index in [1.807, 2.05) is 18.7 Å². The fraction of sp³-hybridized carbons (Fsp3) is 0.692. The van der Waals surface area contributed by atoms with Crippen LogP contribution in [0.25, 0.3) is 0 Å². The molecule has 100 valence electrons. The van der Waals surface area contributed by atoms with Crippen LogP contribution in [0.3, 0.4) is 0 Å². The Morgan fingerprint density at radius 2 is 2.39 bits per heavy atom. The second kappa shape index (κ2) is 5.52. The first kappa shape index (κ1) is 13.1. The molecule has 2 rings (SSSR count). The Kier molecular flexibility index (Phi) is 4.01. The van der Waals surface area contributed by atoms with Gasteiger partial charge in [-0.1, -0.05) is 0 Å². The Labute approximate surface area is 108 Å². The van der Waals surface area contributed by atoms with Crippen molar-refractivity contribution in [1.29, 1.82) is 0 Å². The number of ether oxygens (including phenoxy) is 1. The number of hydrogen-bond donors (Lipinski definition) is 0. The molecule has 1 saturated heterocycles. The highest BCUT2D eigenvalue weighted by Gasteiger charge is 2.31. The summed E-state index contributed by atoms with van der Waals surface area (Å²) in [6.45, 7) is 5.48. The lowest BCUT2D eigenvalue weighted by Crippen LogP contribution is -2.39. The molecule has 1 atom stereocenters. The Hall–Kier alpha value is -1.36. The zero-order valence-corrected chi connectivity index (χ0v) is 11.3. The average molecular weight is 251 g/mol. The van der Waals surface area contributed by atoms with Gasteiger partial charge in [0, 0.05) is 25.9 Å². The summed E-state index contributed by atoms with van der Waals surface area (Å²) in [6.07, 6.45) is 3.76. The number of amides is 1. The minimum absolute atomic E-state index is 0.0701. The maximum absolute atomic E-state index is 12.5. The van der Waals surface area contributed by atoms with Gasteiger partial charge in [0.2, 0.25) is 0 Å². The predicted octanol–water partition coefficient (Wildman–Crippen LogP) is 1.72. The van der Waals surface area contributed by atoms with Gasteiger partial charge in [-0.3, -0.25) is 9.48 Å². The summed E-state index contributed by atoms with van der Waals surface area (Å²) in [5.74, 6) is 0.0701. The summed E-state index contributed by atoms with van der Waals surface area (Å²) < 4.78 is 6.97. The zero-order valence-electron chi connectivity index (χ0n) is 11.3. The molecule has 1 aliphatic rings. The van der Waals surface area contributed by atoms with E-state index in [4.69, 9.17) is 4.74 Å².